The van der Waals surface area contributed by atoms with Crippen LogP contribution in [0.4, 0.5) is 0 Å². The maximum Gasteiger partial charge on any atom is 0.242 e. The predicted octanol–water partition coefficient (Wildman–Crippen LogP) is 4.68. The summed E-state index contributed by atoms with van der Waals surface area (Å²) < 4.78 is 0. The van der Waals surface area contributed by atoms with Gasteiger partial charge in [0.25, 0.3) is 0 Å². The molecular formula is C23H47N3O2. The second-order valence-electron chi connectivity index (χ2n) is 8.36. The minimum atomic E-state index is -0.456. The Morgan fingerprint density at radius 3 is 1.75 bits per heavy atom. The lowest BCUT2D eigenvalue weighted by Crippen LogP contribution is -2.49. The molecule has 0 aliphatic rings. The molecule has 0 aliphatic carbocycles. The van der Waals surface area contributed by atoms with Crippen molar-refractivity contribution in [3.8, 4) is 0 Å². The first-order chi connectivity index (χ1) is 13.5. The van der Waals surface area contributed by atoms with Gasteiger partial charge < -0.3 is 16.4 Å². The monoisotopic (exact) mass is 397 g/mol. The van der Waals surface area contributed by atoms with Crippen molar-refractivity contribution >= 4 is 11.8 Å². The number of unbranched alkanes of at least 4 members (excludes halogenated alkanes) is 11. The first kappa shape index (κ1) is 26.9. The summed E-state index contributed by atoms with van der Waals surface area (Å²) in [4.78, 5) is 24.2. The van der Waals surface area contributed by atoms with E-state index < -0.39 is 6.04 Å². The van der Waals surface area contributed by atoms with Crippen LogP contribution in [0.1, 0.15) is 111 Å². The van der Waals surface area contributed by atoms with Gasteiger partial charge in [-0.25, -0.2) is 0 Å². The lowest BCUT2D eigenvalue weighted by molar-refractivity contribution is -0.130. The fraction of sp³-hybridized carbons (Fsp3) is 0.913. The molecular weight excluding hydrogens is 350 g/mol. The van der Waals surface area contributed by atoms with Gasteiger partial charge in [-0.3, -0.25) is 9.59 Å². The molecule has 0 unspecified atom stereocenters. The number of hydrogen-bond donors (Lipinski definition) is 3. The van der Waals surface area contributed by atoms with Gasteiger partial charge in [-0.1, -0.05) is 91.4 Å². The van der Waals surface area contributed by atoms with Crippen LogP contribution in [0.25, 0.3) is 0 Å². The number of carbonyl (C=O) groups is 2. The van der Waals surface area contributed by atoms with E-state index in [9.17, 15) is 9.59 Å². The second-order valence-corrected chi connectivity index (χ2v) is 8.36. The summed E-state index contributed by atoms with van der Waals surface area (Å²) in [6.07, 6.45) is 16.7. The van der Waals surface area contributed by atoms with Crippen LogP contribution < -0.4 is 16.4 Å². The van der Waals surface area contributed by atoms with E-state index in [1.54, 1.807) is 0 Å². The molecule has 0 saturated carbocycles. The first-order valence-electron chi connectivity index (χ1n) is 11.8. The highest BCUT2D eigenvalue weighted by Crippen LogP contribution is 2.11. The normalized spacial score (nSPS) is 12.2. The number of hydrogen-bond acceptors (Lipinski definition) is 3. The highest BCUT2D eigenvalue weighted by atomic mass is 16.2. The van der Waals surface area contributed by atoms with Crippen molar-refractivity contribution in [3.63, 3.8) is 0 Å². The Kier molecular flexibility index (Phi) is 18.5. The van der Waals surface area contributed by atoms with Gasteiger partial charge in [-0.15, -0.1) is 0 Å². The molecule has 166 valence electrons. The maximum absolute atomic E-state index is 12.3. The third-order valence-corrected chi connectivity index (χ3v) is 5.20. The van der Waals surface area contributed by atoms with Gasteiger partial charge in [0.2, 0.25) is 11.8 Å². The molecule has 0 radical (unpaired) electrons. The third-order valence-electron chi connectivity index (χ3n) is 5.20. The van der Waals surface area contributed by atoms with Crippen molar-refractivity contribution in [3.05, 3.63) is 0 Å². The lowest BCUT2D eigenvalue weighted by Gasteiger charge is -2.21. The van der Waals surface area contributed by atoms with Crippen LogP contribution in [-0.2, 0) is 9.59 Å². The van der Waals surface area contributed by atoms with E-state index >= 15 is 0 Å². The Hall–Kier alpha value is -1.10. The molecule has 0 spiro atoms. The van der Waals surface area contributed by atoms with Crippen molar-refractivity contribution in [2.45, 2.75) is 117 Å². The van der Waals surface area contributed by atoms with Crippen LogP contribution in [0.2, 0.25) is 0 Å². The fourth-order valence-corrected chi connectivity index (χ4v) is 3.33. The van der Waals surface area contributed by atoms with E-state index in [0.29, 0.717) is 25.9 Å². The van der Waals surface area contributed by atoms with Crippen LogP contribution in [0.15, 0.2) is 0 Å². The van der Waals surface area contributed by atoms with Gasteiger partial charge in [0.15, 0.2) is 0 Å². The quantitative estimate of drug-likeness (QED) is 0.277. The number of rotatable bonds is 19. The summed E-state index contributed by atoms with van der Waals surface area (Å²) >= 11 is 0. The van der Waals surface area contributed by atoms with Crippen LogP contribution in [0, 0.1) is 5.92 Å². The molecule has 2 amide bonds. The minimum Gasteiger partial charge on any atom is -0.354 e. The van der Waals surface area contributed by atoms with Gasteiger partial charge >= 0.3 is 0 Å². The molecule has 0 saturated heterocycles. The van der Waals surface area contributed by atoms with Crippen LogP contribution in [0.3, 0.4) is 0 Å². The van der Waals surface area contributed by atoms with Crippen molar-refractivity contribution < 1.29 is 9.59 Å². The van der Waals surface area contributed by atoms with Crippen LogP contribution >= 0.6 is 0 Å². The van der Waals surface area contributed by atoms with Crippen LogP contribution in [0.5, 0.6) is 0 Å². The zero-order valence-electron chi connectivity index (χ0n) is 18.9. The summed E-state index contributed by atoms with van der Waals surface area (Å²) in [7, 11) is 0. The van der Waals surface area contributed by atoms with Gasteiger partial charge in [0.05, 0.1) is 0 Å². The van der Waals surface area contributed by atoms with Crippen LogP contribution in [-0.4, -0.2) is 30.9 Å². The molecule has 0 aromatic carbocycles. The maximum atomic E-state index is 12.3. The molecule has 0 bridgehead atoms. The Balaban J connectivity index is 3.66. The Bertz CT molecular complexity index is 386. The molecule has 0 fully saturated rings. The molecule has 0 aliphatic heterocycles. The topological polar surface area (TPSA) is 84.2 Å². The summed E-state index contributed by atoms with van der Waals surface area (Å²) in [5, 5.41) is 5.82. The highest BCUT2D eigenvalue weighted by molar-refractivity contribution is 5.87. The number of amides is 2. The van der Waals surface area contributed by atoms with E-state index in [4.69, 9.17) is 5.73 Å². The Morgan fingerprint density at radius 2 is 1.29 bits per heavy atom. The molecule has 1 atom stereocenters. The second kappa shape index (κ2) is 19.2. The van der Waals surface area contributed by atoms with Crippen molar-refractivity contribution in [2.75, 3.05) is 13.1 Å². The summed E-state index contributed by atoms with van der Waals surface area (Å²) in [5.74, 6) is -0.0902. The fourth-order valence-electron chi connectivity index (χ4n) is 3.33. The van der Waals surface area contributed by atoms with Crippen molar-refractivity contribution in [2.24, 2.45) is 11.7 Å². The third kappa shape index (κ3) is 15.9. The lowest BCUT2D eigenvalue weighted by atomic mass is 10.0. The van der Waals surface area contributed by atoms with Gasteiger partial charge in [-0.2, -0.15) is 0 Å². The minimum absolute atomic E-state index is 0.0702. The standard InChI is InChI=1S/C23H47N3O2/c1-4-5-6-7-8-9-10-11-12-13-14-15-19-25-23(28)22(20(2)3)26-21(27)17-16-18-24/h20,22H,4-19,24H2,1-3H3,(H,25,28)(H,26,27)/t22-/m0/s1. The van der Waals surface area contributed by atoms with Crippen molar-refractivity contribution in [1.29, 1.82) is 0 Å². The molecule has 0 rings (SSSR count). The van der Waals surface area contributed by atoms with E-state index in [-0.39, 0.29) is 17.7 Å². The molecule has 0 aromatic rings. The largest absolute Gasteiger partial charge is 0.354 e. The zero-order valence-corrected chi connectivity index (χ0v) is 18.9. The molecule has 4 N–H and O–H groups in total. The van der Waals surface area contributed by atoms with Gasteiger partial charge in [0.1, 0.15) is 6.04 Å². The van der Waals surface area contributed by atoms with E-state index in [0.717, 1.165) is 12.8 Å². The Labute approximate surface area is 174 Å². The summed E-state index contributed by atoms with van der Waals surface area (Å²) in [6, 6.07) is -0.456. The number of carbonyl (C=O) groups excluding carboxylic acids is 2. The van der Waals surface area contributed by atoms with E-state index in [1.165, 1.54) is 64.2 Å². The smallest absolute Gasteiger partial charge is 0.242 e. The SMILES string of the molecule is CCCCCCCCCCCCCCNC(=O)[C@@H](NC(=O)CCCN)C(C)C. The van der Waals surface area contributed by atoms with E-state index in [2.05, 4.69) is 17.6 Å². The zero-order chi connectivity index (χ0) is 21.0. The molecule has 0 heterocycles. The molecule has 28 heavy (non-hydrogen) atoms. The highest BCUT2D eigenvalue weighted by Gasteiger charge is 2.23. The van der Waals surface area contributed by atoms with E-state index in [1.807, 2.05) is 13.8 Å². The average Bonchev–Trinajstić information content (AvgIpc) is 2.67. The first-order valence-corrected chi connectivity index (χ1v) is 11.8. The summed E-state index contributed by atoms with van der Waals surface area (Å²) in [6.45, 7) is 7.36. The Morgan fingerprint density at radius 1 is 0.786 bits per heavy atom. The summed E-state index contributed by atoms with van der Waals surface area (Å²) in [5.41, 5.74) is 5.43. The number of nitrogens with one attached hydrogen (secondary N) is 2. The number of nitrogens with two attached hydrogens (primary N) is 1. The molecule has 5 nitrogen and oxygen atoms in total. The molecule has 5 heteroatoms. The van der Waals surface area contributed by atoms with Gasteiger partial charge in [-0.05, 0) is 25.3 Å². The van der Waals surface area contributed by atoms with Gasteiger partial charge in [0, 0.05) is 13.0 Å². The molecule has 0 aromatic heterocycles. The van der Waals surface area contributed by atoms with Crippen molar-refractivity contribution in [1.82, 2.24) is 10.6 Å². The average molecular weight is 398 g/mol. The predicted molar refractivity (Wildman–Crippen MR) is 119 cm³/mol.